The fourth-order valence-electron chi connectivity index (χ4n) is 2.95. The third kappa shape index (κ3) is 4.12. The van der Waals surface area contributed by atoms with Crippen LogP contribution in [0.25, 0.3) is 0 Å². The van der Waals surface area contributed by atoms with Gasteiger partial charge in [0.05, 0.1) is 0 Å². The van der Waals surface area contributed by atoms with E-state index in [-0.39, 0.29) is 5.54 Å². The highest BCUT2D eigenvalue weighted by Gasteiger charge is 2.32. The normalized spacial score (nSPS) is 32.2. The molecular formula is C13H28N2. The summed E-state index contributed by atoms with van der Waals surface area (Å²) in [6.45, 7) is 10.3. The van der Waals surface area contributed by atoms with Gasteiger partial charge in [0.15, 0.2) is 0 Å². The van der Waals surface area contributed by atoms with Crippen molar-refractivity contribution in [2.45, 2.75) is 58.4 Å². The van der Waals surface area contributed by atoms with Crippen LogP contribution in [0.3, 0.4) is 0 Å². The Morgan fingerprint density at radius 3 is 2.67 bits per heavy atom. The smallest absolute Gasteiger partial charge is 0.0285 e. The summed E-state index contributed by atoms with van der Waals surface area (Å²) in [7, 11) is 0. The molecule has 1 aliphatic rings. The highest BCUT2D eigenvalue weighted by atomic mass is 15.1. The van der Waals surface area contributed by atoms with E-state index in [0.29, 0.717) is 0 Å². The van der Waals surface area contributed by atoms with E-state index in [4.69, 9.17) is 5.73 Å². The molecule has 1 aliphatic carbocycles. The van der Waals surface area contributed by atoms with E-state index in [1.807, 2.05) is 0 Å². The molecule has 0 heterocycles. The third-order valence-electron chi connectivity index (χ3n) is 3.65. The lowest BCUT2D eigenvalue weighted by Crippen LogP contribution is -2.52. The summed E-state index contributed by atoms with van der Waals surface area (Å²) in [5, 5.41) is 0. The van der Waals surface area contributed by atoms with Crippen molar-refractivity contribution >= 4 is 0 Å². The van der Waals surface area contributed by atoms with Crippen molar-refractivity contribution in [3.63, 3.8) is 0 Å². The number of nitrogens with two attached hydrogens (primary N) is 1. The van der Waals surface area contributed by atoms with Crippen LogP contribution >= 0.6 is 0 Å². The number of nitrogens with zero attached hydrogens (tertiary/aromatic N) is 1. The van der Waals surface area contributed by atoms with Crippen molar-refractivity contribution in [1.29, 1.82) is 0 Å². The summed E-state index contributed by atoms with van der Waals surface area (Å²) < 4.78 is 0. The molecule has 0 amide bonds. The molecule has 2 nitrogen and oxygen atoms in total. The van der Waals surface area contributed by atoms with Gasteiger partial charge in [0, 0.05) is 12.1 Å². The van der Waals surface area contributed by atoms with E-state index < -0.39 is 0 Å². The topological polar surface area (TPSA) is 29.3 Å². The van der Waals surface area contributed by atoms with Gasteiger partial charge in [0.1, 0.15) is 0 Å². The second-order valence-corrected chi connectivity index (χ2v) is 5.43. The van der Waals surface area contributed by atoms with Crippen LogP contribution in [-0.4, -0.2) is 30.1 Å². The average Bonchev–Trinajstić information content (AvgIpc) is 2.16. The maximum atomic E-state index is 6.51. The van der Waals surface area contributed by atoms with Gasteiger partial charge < -0.3 is 10.6 Å². The zero-order valence-electron chi connectivity index (χ0n) is 10.8. The van der Waals surface area contributed by atoms with E-state index >= 15 is 0 Å². The Labute approximate surface area is 95.2 Å². The Kier molecular flexibility index (Phi) is 5.07. The Morgan fingerprint density at radius 1 is 1.40 bits per heavy atom. The highest BCUT2D eigenvalue weighted by Crippen LogP contribution is 2.30. The summed E-state index contributed by atoms with van der Waals surface area (Å²) >= 11 is 0. The van der Waals surface area contributed by atoms with Crippen LogP contribution in [0, 0.1) is 5.92 Å². The minimum atomic E-state index is 0.100. The van der Waals surface area contributed by atoms with E-state index in [1.165, 1.54) is 38.6 Å². The summed E-state index contributed by atoms with van der Waals surface area (Å²) in [6, 6.07) is 0. The van der Waals surface area contributed by atoms with Crippen molar-refractivity contribution in [2.75, 3.05) is 19.6 Å². The molecule has 0 aliphatic heterocycles. The lowest BCUT2D eigenvalue weighted by molar-refractivity contribution is 0.154. The SMILES string of the molecule is CCCN(CC)CC1(N)CCCC(C)C1. The maximum Gasteiger partial charge on any atom is 0.0285 e. The summed E-state index contributed by atoms with van der Waals surface area (Å²) in [4.78, 5) is 2.51. The van der Waals surface area contributed by atoms with Crippen LogP contribution in [0.1, 0.15) is 52.9 Å². The number of likely N-dealkylation sites (N-methyl/N-ethyl adjacent to an activating group) is 1. The zero-order chi connectivity index (χ0) is 11.3. The molecule has 1 rings (SSSR count). The van der Waals surface area contributed by atoms with Gasteiger partial charge in [0.25, 0.3) is 0 Å². The molecule has 0 aromatic heterocycles. The Bertz CT molecular complexity index is 181. The Hall–Kier alpha value is -0.0800. The fraction of sp³-hybridized carbons (Fsp3) is 1.00. The first-order valence-electron chi connectivity index (χ1n) is 6.61. The molecule has 0 bridgehead atoms. The van der Waals surface area contributed by atoms with E-state index in [2.05, 4.69) is 25.7 Å². The molecular weight excluding hydrogens is 184 g/mol. The van der Waals surface area contributed by atoms with Crippen LogP contribution in [0.4, 0.5) is 0 Å². The molecule has 90 valence electrons. The van der Waals surface area contributed by atoms with Crippen molar-refractivity contribution in [3.8, 4) is 0 Å². The van der Waals surface area contributed by atoms with Crippen LogP contribution in [0.15, 0.2) is 0 Å². The van der Waals surface area contributed by atoms with E-state index in [1.54, 1.807) is 0 Å². The van der Waals surface area contributed by atoms with Gasteiger partial charge in [-0.05, 0) is 38.3 Å². The molecule has 1 saturated carbocycles. The minimum Gasteiger partial charge on any atom is -0.324 e. The van der Waals surface area contributed by atoms with Crippen LogP contribution < -0.4 is 5.73 Å². The van der Waals surface area contributed by atoms with Gasteiger partial charge >= 0.3 is 0 Å². The van der Waals surface area contributed by atoms with Crippen molar-refractivity contribution in [2.24, 2.45) is 11.7 Å². The second-order valence-electron chi connectivity index (χ2n) is 5.43. The molecule has 2 atom stereocenters. The van der Waals surface area contributed by atoms with Gasteiger partial charge in [-0.1, -0.05) is 33.6 Å². The standard InChI is InChI=1S/C13H28N2/c1-4-9-15(5-2)11-13(14)8-6-7-12(3)10-13/h12H,4-11,14H2,1-3H3. The first-order valence-corrected chi connectivity index (χ1v) is 6.61. The average molecular weight is 212 g/mol. The summed E-state index contributed by atoms with van der Waals surface area (Å²) in [5.41, 5.74) is 6.61. The zero-order valence-corrected chi connectivity index (χ0v) is 10.8. The predicted octanol–water partition coefficient (Wildman–Crippen LogP) is 2.63. The molecule has 0 radical (unpaired) electrons. The molecule has 2 N–H and O–H groups in total. The summed E-state index contributed by atoms with van der Waals surface area (Å²) in [6.07, 6.45) is 6.37. The predicted molar refractivity (Wildman–Crippen MR) is 67.0 cm³/mol. The number of rotatable bonds is 5. The largest absolute Gasteiger partial charge is 0.324 e. The number of hydrogen-bond acceptors (Lipinski definition) is 2. The first kappa shape index (κ1) is 13.0. The molecule has 0 saturated heterocycles. The van der Waals surface area contributed by atoms with Crippen LogP contribution in [-0.2, 0) is 0 Å². The molecule has 1 fully saturated rings. The molecule has 2 unspecified atom stereocenters. The Morgan fingerprint density at radius 2 is 2.13 bits per heavy atom. The van der Waals surface area contributed by atoms with Gasteiger partial charge in [-0.3, -0.25) is 0 Å². The maximum absolute atomic E-state index is 6.51. The molecule has 2 heteroatoms. The van der Waals surface area contributed by atoms with Gasteiger partial charge in [-0.2, -0.15) is 0 Å². The molecule has 0 aromatic rings. The number of hydrogen-bond donors (Lipinski definition) is 1. The van der Waals surface area contributed by atoms with Gasteiger partial charge in [-0.15, -0.1) is 0 Å². The van der Waals surface area contributed by atoms with Crippen LogP contribution in [0.5, 0.6) is 0 Å². The van der Waals surface area contributed by atoms with Crippen molar-refractivity contribution in [3.05, 3.63) is 0 Å². The molecule has 0 aromatic carbocycles. The lowest BCUT2D eigenvalue weighted by Gasteiger charge is -2.40. The monoisotopic (exact) mass is 212 g/mol. The van der Waals surface area contributed by atoms with Crippen LogP contribution in [0.2, 0.25) is 0 Å². The lowest BCUT2D eigenvalue weighted by atomic mass is 9.77. The van der Waals surface area contributed by atoms with Gasteiger partial charge in [-0.25, -0.2) is 0 Å². The second kappa shape index (κ2) is 5.86. The first-order chi connectivity index (χ1) is 7.09. The van der Waals surface area contributed by atoms with E-state index in [0.717, 1.165) is 19.0 Å². The minimum absolute atomic E-state index is 0.100. The van der Waals surface area contributed by atoms with E-state index in [9.17, 15) is 0 Å². The highest BCUT2D eigenvalue weighted by molar-refractivity contribution is 4.92. The fourth-order valence-corrected chi connectivity index (χ4v) is 2.95. The quantitative estimate of drug-likeness (QED) is 0.759. The van der Waals surface area contributed by atoms with Crippen molar-refractivity contribution in [1.82, 2.24) is 4.90 Å². The molecule has 0 spiro atoms. The Balaban J connectivity index is 2.45. The summed E-state index contributed by atoms with van der Waals surface area (Å²) in [5.74, 6) is 0.823. The van der Waals surface area contributed by atoms with Gasteiger partial charge in [0.2, 0.25) is 0 Å². The molecule has 15 heavy (non-hydrogen) atoms. The van der Waals surface area contributed by atoms with Crippen molar-refractivity contribution < 1.29 is 0 Å². The third-order valence-corrected chi connectivity index (χ3v) is 3.65.